The highest BCUT2D eigenvalue weighted by molar-refractivity contribution is 5.70. The first kappa shape index (κ1) is 9.25. The standard InChI is InChI=1S/C9H9NO3/c10-6-13-8-3-1-7(2-4-8)5-9(11)12/h1-4,6,10H,5H2,(H,11,12). The Hall–Kier alpha value is -1.84. The van der Waals surface area contributed by atoms with Gasteiger partial charge in [0.05, 0.1) is 6.42 Å². The molecule has 0 bridgehead atoms. The van der Waals surface area contributed by atoms with Crippen LogP contribution in [0.1, 0.15) is 5.56 Å². The number of nitrogens with one attached hydrogen (secondary N) is 1. The van der Waals surface area contributed by atoms with Crippen molar-refractivity contribution in [3.05, 3.63) is 29.8 Å². The molecule has 0 radical (unpaired) electrons. The first-order valence-corrected chi connectivity index (χ1v) is 3.68. The highest BCUT2D eigenvalue weighted by Gasteiger charge is 1.99. The molecular formula is C9H9NO3. The lowest BCUT2D eigenvalue weighted by molar-refractivity contribution is -0.136. The Bertz CT molecular complexity index is 305. The Labute approximate surface area is 75.3 Å². The first-order chi connectivity index (χ1) is 6.22. The van der Waals surface area contributed by atoms with Crippen molar-refractivity contribution in [1.29, 1.82) is 5.41 Å². The van der Waals surface area contributed by atoms with E-state index in [4.69, 9.17) is 15.3 Å². The average Bonchev–Trinajstić information content (AvgIpc) is 2.08. The number of carboxylic acid groups (broad SMARTS) is 1. The Morgan fingerprint density at radius 2 is 2.08 bits per heavy atom. The molecule has 0 heterocycles. The fourth-order valence-electron chi connectivity index (χ4n) is 0.929. The summed E-state index contributed by atoms with van der Waals surface area (Å²) >= 11 is 0. The molecule has 4 heteroatoms. The minimum absolute atomic E-state index is 0.00483. The summed E-state index contributed by atoms with van der Waals surface area (Å²) in [7, 11) is 0. The number of carbonyl (C=O) groups is 1. The summed E-state index contributed by atoms with van der Waals surface area (Å²) in [6.07, 6.45) is 0.830. The van der Waals surface area contributed by atoms with Gasteiger partial charge in [0, 0.05) is 0 Å². The number of hydrogen-bond donors (Lipinski definition) is 2. The van der Waals surface area contributed by atoms with E-state index in [0.29, 0.717) is 11.3 Å². The molecule has 0 aliphatic heterocycles. The Morgan fingerprint density at radius 1 is 1.46 bits per heavy atom. The lowest BCUT2D eigenvalue weighted by atomic mass is 10.1. The average molecular weight is 179 g/mol. The zero-order valence-corrected chi connectivity index (χ0v) is 6.86. The maximum absolute atomic E-state index is 10.3. The van der Waals surface area contributed by atoms with E-state index in [1.807, 2.05) is 0 Å². The van der Waals surface area contributed by atoms with Gasteiger partial charge in [-0.15, -0.1) is 0 Å². The molecule has 1 aromatic carbocycles. The van der Waals surface area contributed by atoms with E-state index in [-0.39, 0.29) is 6.42 Å². The second-order valence-corrected chi connectivity index (χ2v) is 2.45. The fraction of sp³-hybridized carbons (Fsp3) is 0.111. The number of carboxylic acids is 1. The van der Waals surface area contributed by atoms with Crippen LogP contribution in [0.15, 0.2) is 24.3 Å². The summed E-state index contributed by atoms with van der Waals surface area (Å²) in [5.74, 6) is -0.329. The van der Waals surface area contributed by atoms with Crippen LogP contribution in [0.2, 0.25) is 0 Å². The molecule has 13 heavy (non-hydrogen) atoms. The molecule has 0 fully saturated rings. The number of ether oxygens (including phenoxy) is 1. The maximum atomic E-state index is 10.3. The quantitative estimate of drug-likeness (QED) is 0.540. The second kappa shape index (κ2) is 4.25. The molecule has 68 valence electrons. The fourth-order valence-corrected chi connectivity index (χ4v) is 0.929. The topological polar surface area (TPSA) is 70.4 Å². The third-order valence-electron chi connectivity index (χ3n) is 1.47. The van der Waals surface area contributed by atoms with Gasteiger partial charge in [-0.3, -0.25) is 10.2 Å². The van der Waals surface area contributed by atoms with E-state index in [0.717, 1.165) is 6.40 Å². The Kier molecular flexibility index (Phi) is 3.03. The molecule has 0 aliphatic rings. The van der Waals surface area contributed by atoms with Gasteiger partial charge in [0.25, 0.3) is 0 Å². The molecule has 1 rings (SSSR count). The molecule has 0 spiro atoms. The molecule has 0 amide bonds. The number of benzene rings is 1. The molecule has 2 N–H and O–H groups in total. The summed E-state index contributed by atoms with van der Waals surface area (Å²) in [6.45, 7) is 0. The second-order valence-electron chi connectivity index (χ2n) is 2.45. The minimum atomic E-state index is -0.860. The third-order valence-corrected chi connectivity index (χ3v) is 1.47. The van der Waals surface area contributed by atoms with E-state index >= 15 is 0 Å². The van der Waals surface area contributed by atoms with Gasteiger partial charge in [-0.25, -0.2) is 0 Å². The van der Waals surface area contributed by atoms with Crippen LogP contribution >= 0.6 is 0 Å². The molecule has 0 saturated heterocycles. The van der Waals surface area contributed by atoms with Gasteiger partial charge in [0.1, 0.15) is 5.75 Å². The first-order valence-electron chi connectivity index (χ1n) is 3.68. The van der Waals surface area contributed by atoms with Gasteiger partial charge in [-0.2, -0.15) is 0 Å². The number of hydrogen-bond acceptors (Lipinski definition) is 3. The van der Waals surface area contributed by atoms with E-state index in [1.165, 1.54) is 0 Å². The van der Waals surface area contributed by atoms with Crippen molar-refractivity contribution in [3.8, 4) is 5.75 Å². The van der Waals surface area contributed by atoms with Crippen molar-refractivity contribution in [1.82, 2.24) is 0 Å². The van der Waals surface area contributed by atoms with E-state index in [9.17, 15) is 4.79 Å². The van der Waals surface area contributed by atoms with Crippen LogP contribution in [-0.4, -0.2) is 17.5 Å². The number of aliphatic carboxylic acids is 1. The van der Waals surface area contributed by atoms with Crippen LogP contribution in [0.5, 0.6) is 5.75 Å². The lowest BCUT2D eigenvalue weighted by Crippen LogP contribution is -1.99. The highest BCUT2D eigenvalue weighted by atomic mass is 16.5. The summed E-state index contributed by atoms with van der Waals surface area (Å²) < 4.78 is 4.76. The highest BCUT2D eigenvalue weighted by Crippen LogP contribution is 2.11. The predicted octanol–water partition coefficient (Wildman–Crippen LogP) is 1.30. The van der Waals surface area contributed by atoms with Gasteiger partial charge in [-0.05, 0) is 17.7 Å². The summed E-state index contributed by atoms with van der Waals surface area (Å²) in [5.41, 5.74) is 0.713. The zero-order chi connectivity index (χ0) is 9.68. The molecular weight excluding hydrogens is 170 g/mol. The smallest absolute Gasteiger partial charge is 0.307 e. The number of rotatable bonds is 4. The zero-order valence-electron chi connectivity index (χ0n) is 6.86. The summed E-state index contributed by atoms with van der Waals surface area (Å²) in [5, 5.41) is 15.1. The van der Waals surface area contributed by atoms with Gasteiger partial charge in [-0.1, -0.05) is 12.1 Å². The van der Waals surface area contributed by atoms with Crippen molar-refractivity contribution in [2.24, 2.45) is 0 Å². The molecule has 0 aliphatic carbocycles. The predicted molar refractivity (Wildman–Crippen MR) is 47.2 cm³/mol. The monoisotopic (exact) mass is 179 g/mol. The van der Waals surface area contributed by atoms with Gasteiger partial charge < -0.3 is 9.84 Å². The SMILES string of the molecule is N=COc1ccc(CC(=O)O)cc1. The summed E-state index contributed by atoms with van der Waals surface area (Å²) in [6, 6.07) is 6.58. The van der Waals surface area contributed by atoms with Gasteiger partial charge in [0.15, 0.2) is 6.40 Å². The molecule has 0 unspecified atom stereocenters. The van der Waals surface area contributed by atoms with Crippen molar-refractivity contribution in [3.63, 3.8) is 0 Å². The molecule has 0 atom stereocenters. The van der Waals surface area contributed by atoms with Crippen molar-refractivity contribution in [2.75, 3.05) is 0 Å². The van der Waals surface area contributed by atoms with Crippen molar-refractivity contribution in [2.45, 2.75) is 6.42 Å². The van der Waals surface area contributed by atoms with Crippen LogP contribution in [0, 0.1) is 5.41 Å². The Morgan fingerprint density at radius 3 is 2.54 bits per heavy atom. The molecule has 0 saturated carbocycles. The molecule has 4 nitrogen and oxygen atoms in total. The van der Waals surface area contributed by atoms with Crippen molar-refractivity contribution >= 4 is 12.4 Å². The van der Waals surface area contributed by atoms with Crippen LogP contribution in [-0.2, 0) is 11.2 Å². The van der Waals surface area contributed by atoms with Crippen LogP contribution in [0.3, 0.4) is 0 Å². The summed E-state index contributed by atoms with van der Waals surface area (Å²) in [4.78, 5) is 10.3. The van der Waals surface area contributed by atoms with Gasteiger partial charge in [0.2, 0.25) is 0 Å². The van der Waals surface area contributed by atoms with Crippen LogP contribution in [0.25, 0.3) is 0 Å². The largest absolute Gasteiger partial charge is 0.481 e. The van der Waals surface area contributed by atoms with Crippen molar-refractivity contribution < 1.29 is 14.6 Å². The molecule has 0 aromatic heterocycles. The Balaban J connectivity index is 2.69. The van der Waals surface area contributed by atoms with E-state index < -0.39 is 5.97 Å². The lowest BCUT2D eigenvalue weighted by Gasteiger charge is -1.99. The third kappa shape index (κ3) is 2.94. The van der Waals surface area contributed by atoms with Crippen LogP contribution in [0.4, 0.5) is 0 Å². The minimum Gasteiger partial charge on any atom is -0.481 e. The van der Waals surface area contributed by atoms with Crippen LogP contribution < -0.4 is 4.74 Å². The normalized spacial score (nSPS) is 9.23. The van der Waals surface area contributed by atoms with E-state index in [1.54, 1.807) is 24.3 Å². The maximum Gasteiger partial charge on any atom is 0.307 e. The van der Waals surface area contributed by atoms with E-state index in [2.05, 4.69) is 0 Å². The molecule has 1 aromatic rings. The van der Waals surface area contributed by atoms with Gasteiger partial charge >= 0.3 is 5.97 Å².